The van der Waals surface area contributed by atoms with Crippen molar-refractivity contribution >= 4 is 0 Å². The van der Waals surface area contributed by atoms with Gasteiger partial charge in [0.2, 0.25) is 0 Å². The summed E-state index contributed by atoms with van der Waals surface area (Å²) < 4.78 is 6.43. The molecular weight excluding hydrogens is 298 g/mol. The van der Waals surface area contributed by atoms with Gasteiger partial charge < -0.3 is 4.74 Å². The van der Waals surface area contributed by atoms with Crippen molar-refractivity contribution in [1.82, 2.24) is 15.4 Å². The van der Waals surface area contributed by atoms with E-state index in [1.807, 2.05) is 12.1 Å². The SMILES string of the molecule is CC(C)(C)OC1Cc2ccccc2-c2n[nH]nc2-c2ccccc21. The maximum absolute atomic E-state index is 6.43. The highest BCUT2D eigenvalue weighted by Crippen LogP contribution is 2.41. The van der Waals surface area contributed by atoms with Gasteiger partial charge in [-0.25, -0.2) is 0 Å². The molecule has 1 N–H and O–H groups in total. The first kappa shape index (κ1) is 15.1. The van der Waals surface area contributed by atoms with Crippen molar-refractivity contribution in [1.29, 1.82) is 0 Å². The predicted molar refractivity (Wildman–Crippen MR) is 94.5 cm³/mol. The lowest BCUT2D eigenvalue weighted by molar-refractivity contribution is -0.0611. The third-order valence-electron chi connectivity index (χ3n) is 4.28. The number of nitrogens with zero attached hydrogens (tertiary/aromatic N) is 2. The van der Waals surface area contributed by atoms with Crippen LogP contribution in [0.1, 0.15) is 38.0 Å². The van der Waals surface area contributed by atoms with Gasteiger partial charge in [0.1, 0.15) is 11.4 Å². The number of rotatable bonds is 1. The van der Waals surface area contributed by atoms with Crippen LogP contribution in [0, 0.1) is 0 Å². The summed E-state index contributed by atoms with van der Waals surface area (Å²) in [5.41, 5.74) is 6.18. The summed E-state index contributed by atoms with van der Waals surface area (Å²) in [5.74, 6) is 0. The van der Waals surface area contributed by atoms with Crippen LogP contribution in [-0.2, 0) is 11.2 Å². The lowest BCUT2D eigenvalue weighted by Crippen LogP contribution is -2.25. The number of aromatic amines is 1. The van der Waals surface area contributed by atoms with Crippen molar-refractivity contribution in [3.8, 4) is 22.5 Å². The van der Waals surface area contributed by atoms with E-state index < -0.39 is 0 Å². The maximum Gasteiger partial charge on any atom is 0.121 e. The zero-order valence-electron chi connectivity index (χ0n) is 14.2. The molecule has 0 amide bonds. The molecule has 24 heavy (non-hydrogen) atoms. The molecule has 1 aliphatic carbocycles. The van der Waals surface area contributed by atoms with Crippen molar-refractivity contribution < 1.29 is 4.74 Å². The van der Waals surface area contributed by atoms with E-state index in [4.69, 9.17) is 4.74 Å². The quantitative estimate of drug-likeness (QED) is 0.716. The third-order valence-corrected chi connectivity index (χ3v) is 4.28. The van der Waals surface area contributed by atoms with Crippen LogP contribution in [0.25, 0.3) is 22.5 Å². The summed E-state index contributed by atoms with van der Waals surface area (Å²) in [5, 5.41) is 11.7. The Labute approximate surface area is 141 Å². The molecule has 2 aromatic carbocycles. The fourth-order valence-corrected chi connectivity index (χ4v) is 3.37. The summed E-state index contributed by atoms with van der Waals surface area (Å²) in [4.78, 5) is 0. The Morgan fingerprint density at radius 1 is 0.917 bits per heavy atom. The standard InChI is InChI=1S/C20H21N3O/c1-20(2,3)24-17-12-13-8-4-5-9-14(13)18-19(22-23-21-18)16-11-7-6-10-15(16)17/h4-11,17H,12H2,1-3H3,(H,21,22,23). The van der Waals surface area contributed by atoms with Gasteiger partial charge in [0.15, 0.2) is 0 Å². The first-order valence-electron chi connectivity index (χ1n) is 8.29. The molecule has 0 aliphatic heterocycles. The minimum Gasteiger partial charge on any atom is -0.368 e. The molecule has 1 aliphatic rings. The van der Waals surface area contributed by atoms with Crippen molar-refractivity contribution in [2.75, 3.05) is 0 Å². The molecule has 0 bridgehead atoms. The Morgan fingerprint density at radius 3 is 2.29 bits per heavy atom. The zero-order chi connectivity index (χ0) is 16.7. The molecule has 3 aromatic rings. The number of aromatic nitrogens is 3. The number of ether oxygens (including phenoxy) is 1. The van der Waals surface area contributed by atoms with E-state index in [0.29, 0.717) is 0 Å². The number of benzene rings is 2. The lowest BCUT2D eigenvalue weighted by atomic mass is 9.87. The minimum absolute atomic E-state index is 0.0211. The molecule has 0 saturated heterocycles. The smallest absolute Gasteiger partial charge is 0.121 e. The Balaban J connectivity index is 1.97. The summed E-state index contributed by atoms with van der Waals surface area (Å²) in [6, 6.07) is 16.7. The second kappa shape index (κ2) is 5.56. The van der Waals surface area contributed by atoms with Gasteiger partial charge in [-0.15, -0.1) is 0 Å². The lowest BCUT2D eigenvalue weighted by Gasteiger charge is -2.30. The van der Waals surface area contributed by atoms with Gasteiger partial charge in [-0.3, -0.25) is 0 Å². The molecule has 0 saturated carbocycles. The molecule has 0 fully saturated rings. The highest BCUT2D eigenvalue weighted by atomic mass is 16.5. The van der Waals surface area contributed by atoms with E-state index in [9.17, 15) is 0 Å². The van der Waals surface area contributed by atoms with E-state index in [1.54, 1.807) is 0 Å². The van der Waals surface area contributed by atoms with Crippen LogP contribution in [0.5, 0.6) is 0 Å². The molecular formula is C20H21N3O. The molecule has 4 heteroatoms. The van der Waals surface area contributed by atoms with Crippen LogP contribution >= 0.6 is 0 Å². The summed E-state index contributed by atoms with van der Waals surface area (Å²) in [6.07, 6.45) is 0.795. The van der Waals surface area contributed by atoms with Crippen molar-refractivity contribution in [2.24, 2.45) is 0 Å². The number of fused-ring (bicyclic) bond motifs is 5. The highest BCUT2D eigenvalue weighted by molar-refractivity contribution is 5.82. The average molecular weight is 319 g/mol. The van der Waals surface area contributed by atoms with E-state index in [0.717, 1.165) is 34.5 Å². The van der Waals surface area contributed by atoms with Gasteiger partial charge in [0.05, 0.1) is 11.7 Å². The summed E-state index contributed by atoms with van der Waals surface area (Å²) >= 11 is 0. The average Bonchev–Trinajstić information content (AvgIpc) is 3.01. The Hall–Kier alpha value is -2.46. The summed E-state index contributed by atoms with van der Waals surface area (Å²) in [7, 11) is 0. The first-order valence-corrected chi connectivity index (χ1v) is 8.29. The fraction of sp³-hybridized carbons (Fsp3) is 0.300. The van der Waals surface area contributed by atoms with Crippen LogP contribution in [0.4, 0.5) is 0 Å². The Kier molecular flexibility index (Phi) is 3.50. The van der Waals surface area contributed by atoms with E-state index in [1.165, 1.54) is 5.56 Å². The molecule has 4 rings (SSSR count). The molecule has 1 unspecified atom stereocenters. The third kappa shape index (κ3) is 2.63. The van der Waals surface area contributed by atoms with Gasteiger partial charge in [-0.1, -0.05) is 48.5 Å². The normalized spacial score (nSPS) is 16.5. The molecule has 4 nitrogen and oxygen atoms in total. The Morgan fingerprint density at radius 2 is 1.54 bits per heavy atom. The highest BCUT2D eigenvalue weighted by Gasteiger charge is 2.29. The van der Waals surface area contributed by atoms with Gasteiger partial charge in [-0.05, 0) is 31.9 Å². The number of H-pyrrole nitrogens is 1. The largest absolute Gasteiger partial charge is 0.368 e. The zero-order valence-corrected chi connectivity index (χ0v) is 14.2. The minimum atomic E-state index is -0.224. The molecule has 0 radical (unpaired) electrons. The monoisotopic (exact) mass is 319 g/mol. The molecule has 1 aromatic heterocycles. The van der Waals surface area contributed by atoms with E-state index >= 15 is 0 Å². The molecule has 1 atom stereocenters. The van der Waals surface area contributed by atoms with Gasteiger partial charge in [0.25, 0.3) is 0 Å². The van der Waals surface area contributed by atoms with Crippen LogP contribution in [0.2, 0.25) is 0 Å². The molecule has 0 spiro atoms. The van der Waals surface area contributed by atoms with Crippen molar-refractivity contribution in [3.05, 3.63) is 59.7 Å². The second-order valence-electron chi connectivity index (χ2n) is 7.19. The topological polar surface area (TPSA) is 50.8 Å². The van der Waals surface area contributed by atoms with Crippen LogP contribution < -0.4 is 0 Å². The number of hydrogen-bond donors (Lipinski definition) is 1. The summed E-state index contributed by atoms with van der Waals surface area (Å²) in [6.45, 7) is 6.30. The van der Waals surface area contributed by atoms with E-state index in [2.05, 4.69) is 72.6 Å². The van der Waals surface area contributed by atoms with Crippen LogP contribution in [0.3, 0.4) is 0 Å². The predicted octanol–water partition coefficient (Wildman–Crippen LogP) is 4.55. The fourth-order valence-electron chi connectivity index (χ4n) is 3.37. The van der Waals surface area contributed by atoms with Crippen molar-refractivity contribution in [2.45, 2.75) is 38.9 Å². The van der Waals surface area contributed by atoms with Gasteiger partial charge in [0, 0.05) is 17.5 Å². The second-order valence-corrected chi connectivity index (χ2v) is 7.19. The Bertz CT molecular complexity index is 876. The number of nitrogens with one attached hydrogen (secondary N) is 1. The van der Waals surface area contributed by atoms with Gasteiger partial charge in [-0.2, -0.15) is 15.4 Å². The van der Waals surface area contributed by atoms with Crippen LogP contribution in [-0.4, -0.2) is 21.0 Å². The maximum atomic E-state index is 6.43. The number of hydrogen-bond acceptors (Lipinski definition) is 3. The first-order chi connectivity index (χ1) is 11.5. The molecule has 1 heterocycles. The van der Waals surface area contributed by atoms with Crippen LogP contribution in [0.15, 0.2) is 48.5 Å². The van der Waals surface area contributed by atoms with Crippen molar-refractivity contribution in [3.63, 3.8) is 0 Å². The van der Waals surface area contributed by atoms with E-state index in [-0.39, 0.29) is 11.7 Å². The molecule has 122 valence electrons. The van der Waals surface area contributed by atoms with Gasteiger partial charge >= 0.3 is 0 Å².